The van der Waals surface area contributed by atoms with E-state index < -0.39 is 11.7 Å². The van der Waals surface area contributed by atoms with E-state index in [1.807, 2.05) is 0 Å². The first-order valence-electron chi connectivity index (χ1n) is 5.82. The summed E-state index contributed by atoms with van der Waals surface area (Å²) in [4.78, 5) is 48.8. The monoisotopic (exact) mass is 258 g/mol. The number of benzene rings is 1. The fraction of sp³-hybridized carbons (Fsp3) is 0.231. The average molecular weight is 258 g/mol. The number of rotatable bonds is 1. The van der Waals surface area contributed by atoms with Gasteiger partial charge in [0.25, 0.3) is 17.7 Å². The van der Waals surface area contributed by atoms with Crippen molar-refractivity contribution < 1.29 is 19.2 Å². The first-order chi connectivity index (χ1) is 9.00. The SMILES string of the molecule is CN1C(=O)c2ccc(N3CCC(=O)C3=O)cc2C1=O. The molecule has 6 nitrogen and oxygen atoms in total. The Morgan fingerprint density at radius 1 is 0.947 bits per heavy atom. The number of imide groups is 1. The zero-order valence-electron chi connectivity index (χ0n) is 10.2. The first kappa shape index (κ1) is 11.6. The summed E-state index contributed by atoms with van der Waals surface area (Å²) in [5.41, 5.74) is 1.08. The Morgan fingerprint density at radius 3 is 2.26 bits per heavy atom. The highest BCUT2D eigenvalue weighted by atomic mass is 16.2. The predicted molar refractivity (Wildman–Crippen MR) is 64.8 cm³/mol. The lowest BCUT2D eigenvalue weighted by Gasteiger charge is -2.14. The molecule has 1 aromatic rings. The van der Waals surface area contributed by atoms with Gasteiger partial charge in [-0.3, -0.25) is 24.1 Å². The molecule has 0 aliphatic carbocycles. The van der Waals surface area contributed by atoms with Crippen molar-refractivity contribution in [1.82, 2.24) is 4.90 Å². The van der Waals surface area contributed by atoms with Crippen LogP contribution in [0.5, 0.6) is 0 Å². The van der Waals surface area contributed by atoms with Gasteiger partial charge in [0.1, 0.15) is 0 Å². The maximum atomic E-state index is 11.9. The Hall–Kier alpha value is -2.50. The average Bonchev–Trinajstić information content (AvgIpc) is 2.85. The topological polar surface area (TPSA) is 74.8 Å². The number of hydrogen-bond acceptors (Lipinski definition) is 4. The van der Waals surface area contributed by atoms with Crippen LogP contribution >= 0.6 is 0 Å². The van der Waals surface area contributed by atoms with E-state index in [9.17, 15) is 19.2 Å². The lowest BCUT2D eigenvalue weighted by Crippen LogP contribution is -2.27. The first-order valence-corrected chi connectivity index (χ1v) is 5.82. The number of anilines is 1. The molecule has 0 N–H and O–H groups in total. The van der Waals surface area contributed by atoms with Crippen LogP contribution in [-0.2, 0) is 9.59 Å². The second-order valence-electron chi connectivity index (χ2n) is 4.53. The molecule has 0 spiro atoms. The molecule has 6 heteroatoms. The Balaban J connectivity index is 2.04. The summed E-state index contributed by atoms with van der Waals surface area (Å²) in [5.74, 6) is -1.74. The van der Waals surface area contributed by atoms with Crippen LogP contribution in [-0.4, -0.2) is 42.0 Å². The van der Waals surface area contributed by atoms with Crippen LogP contribution in [0.25, 0.3) is 0 Å². The third kappa shape index (κ3) is 1.49. The molecule has 2 heterocycles. The molecule has 2 aliphatic rings. The van der Waals surface area contributed by atoms with Gasteiger partial charge in [-0.05, 0) is 18.2 Å². The van der Waals surface area contributed by atoms with Gasteiger partial charge in [0.2, 0.25) is 5.78 Å². The number of amides is 3. The summed E-state index contributed by atoms with van der Waals surface area (Å²) in [6, 6.07) is 4.60. The van der Waals surface area contributed by atoms with Gasteiger partial charge in [0, 0.05) is 25.7 Å². The Bertz CT molecular complexity index is 650. The van der Waals surface area contributed by atoms with Crippen molar-refractivity contribution in [2.45, 2.75) is 6.42 Å². The molecular formula is C13H10N2O4. The Labute approximate surface area is 108 Å². The molecule has 0 aromatic heterocycles. The molecule has 2 aliphatic heterocycles. The van der Waals surface area contributed by atoms with E-state index in [0.717, 1.165) is 4.90 Å². The van der Waals surface area contributed by atoms with Crippen molar-refractivity contribution in [3.05, 3.63) is 29.3 Å². The highest BCUT2D eigenvalue weighted by molar-refractivity contribution is 6.43. The third-order valence-corrected chi connectivity index (χ3v) is 3.43. The molecule has 0 radical (unpaired) electrons. The molecule has 19 heavy (non-hydrogen) atoms. The summed E-state index contributed by atoms with van der Waals surface area (Å²) in [6.07, 6.45) is 0.183. The lowest BCUT2D eigenvalue weighted by molar-refractivity contribution is -0.133. The summed E-state index contributed by atoms with van der Waals surface area (Å²) >= 11 is 0. The number of fused-ring (bicyclic) bond motifs is 1. The van der Waals surface area contributed by atoms with E-state index in [1.165, 1.54) is 24.1 Å². The smallest absolute Gasteiger partial charge is 0.294 e. The zero-order valence-corrected chi connectivity index (χ0v) is 10.2. The maximum absolute atomic E-state index is 11.9. The van der Waals surface area contributed by atoms with Gasteiger partial charge >= 0.3 is 0 Å². The molecule has 1 aromatic carbocycles. The van der Waals surface area contributed by atoms with E-state index in [2.05, 4.69) is 0 Å². The van der Waals surface area contributed by atoms with E-state index in [0.29, 0.717) is 17.8 Å². The summed E-state index contributed by atoms with van der Waals surface area (Å²) in [5, 5.41) is 0. The maximum Gasteiger partial charge on any atom is 0.294 e. The van der Waals surface area contributed by atoms with Gasteiger partial charge in [-0.25, -0.2) is 0 Å². The van der Waals surface area contributed by atoms with Crippen molar-refractivity contribution in [2.75, 3.05) is 18.5 Å². The van der Waals surface area contributed by atoms with Crippen molar-refractivity contribution >= 4 is 29.2 Å². The molecule has 0 atom stereocenters. The van der Waals surface area contributed by atoms with Crippen molar-refractivity contribution in [3.8, 4) is 0 Å². The molecule has 0 unspecified atom stereocenters. The van der Waals surface area contributed by atoms with Crippen LogP contribution in [0, 0.1) is 0 Å². The molecule has 0 bridgehead atoms. The minimum atomic E-state index is -0.565. The molecule has 0 saturated carbocycles. The minimum absolute atomic E-state index is 0.183. The highest BCUT2D eigenvalue weighted by Gasteiger charge is 2.35. The third-order valence-electron chi connectivity index (χ3n) is 3.43. The highest BCUT2D eigenvalue weighted by Crippen LogP contribution is 2.28. The Morgan fingerprint density at radius 2 is 1.63 bits per heavy atom. The van der Waals surface area contributed by atoms with E-state index in [-0.39, 0.29) is 23.8 Å². The minimum Gasteiger partial charge on any atom is -0.305 e. The van der Waals surface area contributed by atoms with Crippen LogP contribution in [0.2, 0.25) is 0 Å². The molecule has 96 valence electrons. The van der Waals surface area contributed by atoms with Crippen molar-refractivity contribution in [2.24, 2.45) is 0 Å². The van der Waals surface area contributed by atoms with Crippen LogP contribution in [0.4, 0.5) is 5.69 Å². The van der Waals surface area contributed by atoms with E-state index in [1.54, 1.807) is 6.07 Å². The number of ketones is 1. The van der Waals surface area contributed by atoms with Gasteiger partial charge in [-0.15, -0.1) is 0 Å². The van der Waals surface area contributed by atoms with E-state index in [4.69, 9.17) is 0 Å². The van der Waals surface area contributed by atoms with Crippen LogP contribution in [0.3, 0.4) is 0 Å². The fourth-order valence-electron chi connectivity index (χ4n) is 2.34. The summed E-state index contributed by atoms with van der Waals surface area (Å²) < 4.78 is 0. The van der Waals surface area contributed by atoms with Crippen molar-refractivity contribution in [1.29, 1.82) is 0 Å². The van der Waals surface area contributed by atoms with Gasteiger partial charge in [0.05, 0.1) is 11.1 Å². The molecule has 3 rings (SSSR count). The van der Waals surface area contributed by atoms with E-state index >= 15 is 0 Å². The largest absolute Gasteiger partial charge is 0.305 e. The number of carbonyl (C=O) groups excluding carboxylic acids is 4. The second kappa shape index (κ2) is 3.74. The van der Waals surface area contributed by atoms with Crippen LogP contribution in [0.15, 0.2) is 18.2 Å². The van der Waals surface area contributed by atoms with Gasteiger partial charge in [0.15, 0.2) is 0 Å². The van der Waals surface area contributed by atoms with Crippen LogP contribution < -0.4 is 4.90 Å². The number of hydrogen-bond donors (Lipinski definition) is 0. The number of carbonyl (C=O) groups is 4. The van der Waals surface area contributed by atoms with Gasteiger partial charge < -0.3 is 4.90 Å². The predicted octanol–water partition coefficient (Wildman–Crippen LogP) is 0.218. The van der Waals surface area contributed by atoms with Crippen molar-refractivity contribution in [3.63, 3.8) is 0 Å². The molecule has 3 amide bonds. The summed E-state index contributed by atoms with van der Waals surface area (Å²) in [7, 11) is 1.41. The fourth-order valence-corrected chi connectivity index (χ4v) is 2.34. The molecule has 1 fully saturated rings. The lowest BCUT2D eigenvalue weighted by atomic mass is 10.1. The Kier molecular flexibility index (Phi) is 2.28. The molecule has 1 saturated heterocycles. The second-order valence-corrected chi connectivity index (χ2v) is 4.53. The standard InChI is InChI=1S/C13H10N2O4/c1-14-11(17)8-3-2-7(6-9(8)12(14)18)15-5-4-10(16)13(15)19/h2-3,6H,4-5H2,1H3. The normalized spacial score (nSPS) is 18.6. The summed E-state index contributed by atoms with van der Waals surface area (Å²) in [6.45, 7) is 0.314. The van der Waals surface area contributed by atoms with Crippen LogP contribution in [0.1, 0.15) is 27.1 Å². The quantitative estimate of drug-likeness (QED) is 0.533. The van der Waals surface area contributed by atoms with Gasteiger partial charge in [-0.1, -0.05) is 0 Å². The van der Waals surface area contributed by atoms with Gasteiger partial charge in [-0.2, -0.15) is 0 Å². The number of nitrogens with zero attached hydrogens (tertiary/aromatic N) is 2. The molecular weight excluding hydrogens is 248 g/mol. The zero-order chi connectivity index (χ0) is 13.7. The number of Topliss-reactive ketones (excluding diaryl/α,β-unsaturated/α-hetero) is 1.